The van der Waals surface area contributed by atoms with Gasteiger partial charge in [-0.05, 0) is 25.0 Å². The van der Waals surface area contributed by atoms with Crippen molar-refractivity contribution in [1.82, 2.24) is 5.32 Å². The van der Waals surface area contributed by atoms with Gasteiger partial charge in [0, 0.05) is 12.1 Å². The third-order valence-electron chi connectivity index (χ3n) is 3.23. The van der Waals surface area contributed by atoms with Crippen LogP contribution in [0.2, 0.25) is 0 Å². The van der Waals surface area contributed by atoms with Crippen LogP contribution in [0, 0.1) is 16.0 Å². The number of nitro groups is 1. The van der Waals surface area contributed by atoms with Crippen LogP contribution < -0.4 is 5.32 Å². The third-order valence-corrected chi connectivity index (χ3v) is 4.29. The molecule has 0 aromatic heterocycles. The van der Waals surface area contributed by atoms with E-state index in [1.54, 1.807) is 0 Å². The van der Waals surface area contributed by atoms with Crippen molar-refractivity contribution in [3.8, 4) is 0 Å². The quantitative estimate of drug-likeness (QED) is 0.480. The van der Waals surface area contributed by atoms with Crippen LogP contribution in [0.3, 0.4) is 0 Å². The van der Waals surface area contributed by atoms with Crippen LogP contribution in [0.15, 0.2) is 23.1 Å². The van der Waals surface area contributed by atoms with E-state index in [1.165, 1.54) is 0 Å². The highest BCUT2D eigenvalue weighted by Crippen LogP contribution is 2.36. The number of hydrogen-bond acceptors (Lipinski definition) is 4. The number of hydrogen-bond donors (Lipinski definition) is 1. The Hall–Kier alpha value is -1.77. The molecule has 0 bridgehead atoms. The van der Waals surface area contributed by atoms with E-state index in [2.05, 4.69) is 5.32 Å². The standard InChI is InChI=1S/C14H17F3N2O3S/c1-8(2)9(3)18-13(20)7-23-12-5-4-10(14(15,16)17)6-11(12)19(21)22/h4-6,8-9H,7H2,1-3H3,(H,18,20). The molecule has 0 aliphatic carbocycles. The average Bonchev–Trinajstić information content (AvgIpc) is 2.43. The molecule has 9 heteroatoms. The lowest BCUT2D eigenvalue weighted by Gasteiger charge is -2.17. The Morgan fingerprint density at radius 2 is 1.96 bits per heavy atom. The smallest absolute Gasteiger partial charge is 0.353 e. The molecule has 0 fully saturated rings. The van der Waals surface area contributed by atoms with Crippen LogP contribution in [0.25, 0.3) is 0 Å². The molecule has 5 nitrogen and oxygen atoms in total. The Labute approximate surface area is 135 Å². The van der Waals surface area contributed by atoms with Gasteiger partial charge in [0.05, 0.1) is 21.1 Å². The van der Waals surface area contributed by atoms with E-state index in [-0.39, 0.29) is 28.5 Å². The second-order valence-corrected chi connectivity index (χ2v) is 6.34. The zero-order valence-corrected chi connectivity index (χ0v) is 13.6. The first-order valence-corrected chi connectivity index (χ1v) is 7.78. The number of rotatable bonds is 6. The van der Waals surface area contributed by atoms with Crippen LogP contribution in [-0.4, -0.2) is 22.6 Å². The van der Waals surface area contributed by atoms with Crippen molar-refractivity contribution >= 4 is 23.4 Å². The summed E-state index contributed by atoms with van der Waals surface area (Å²) in [4.78, 5) is 21.8. The van der Waals surface area contributed by atoms with Crippen molar-refractivity contribution in [2.45, 2.75) is 37.9 Å². The van der Waals surface area contributed by atoms with E-state index in [0.717, 1.165) is 23.9 Å². The fraction of sp³-hybridized carbons (Fsp3) is 0.500. The van der Waals surface area contributed by atoms with Crippen LogP contribution in [0.5, 0.6) is 0 Å². The monoisotopic (exact) mass is 350 g/mol. The number of thioether (sulfide) groups is 1. The molecule has 23 heavy (non-hydrogen) atoms. The highest BCUT2D eigenvalue weighted by atomic mass is 32.2. The summed E-state index contributed by atoms with van der Waals surface area (Å²) in [6.07, 6.45) is -4.65. The molecule has 0 aliphatic rings. The van der Waals surface area contributed by atoms with E-state index in [9.17, 15) is 28.1 Å². The fourth-order valence-electron chi connectivity index (χ4n) is 1.56. The zero-order valence-electron chi connectivity index (χ0n) is 12.8. The summed E-state index contributed by atoms with van der Waals surface area (Å²) in [5.74, 6) is -0.210. The fourth-order valence-corrected chi connectivity index (χ4v) is 2.38. The lowest BCUT2D eigenvalue weighted by atomic mass is 10.1. The molecule has 1 unspecified atom stereocenters. The molecule has 0 heterocycles. The summed E-state index contributed by atoms with van der Waals surface area (Å²) in [5, 5.41) is 13.7. The second-order valence-electron chi connectivity index (χ2n) is 5.33. The molecule has 1 aromatic carbocycles. The SMILES string of the molecule is CC(C)C(C)NC(=O)CSc1ccc(C(F)(F)F)cc1[N+](=O)[O-]. The first-order valence-electron chi connectivity index (χ1n) is 6.80. The van der Waals surface area contributed by atoms with Gasteiger partial charge in [0.1, 0.15) is 0 Å². The van der Waals surface area contributed by atoms with Gasteiger partial charge in [-0.15, -0.1) is 11.8 Å². The normalized spacial score (nSPS) is 13.0. The third kappa shape index (κ3) is 5.74. The predicted octanol–water partition coefficient (Wildman–Crippen LogP) is 3.87. The summed E-state index contributed by atoms with van der Waals surface area (Å²) in [7, 11) is 0. The highest BCUT2D eigenvalue weighted by molar-refractivity contribution is 8.00. The van der Waals surface area contributed by atoms with Crippen LogP contribution in [-0.2, 0) is 11.0 Å². The Kier molecular flexibility index (Phi) is 6.43. The van der Waals surface area contributed by atoms with Crippen molar-refractivity contribution in [2.24, 2.45) is 5.92 Å². The summed E-state index contributed by atoms with van der Waals surface area (Å²) in [5.41, 5.74) is -1.75. The van der Waals surface area contributed by atoms with Gasteiger partial charge in [0.15, 0.2) is 0 Å². The average molecular weight is 350 g/mol. The van der Waals surface area contributed by atoms with Gasteiger partial charge in [0.2, 0.25) is 5.91 Å². The number of benzene rings is 1. The Morgan fingerprint density at radius 3 is 2.43 bits per heavy atom. The molecule has 1 amide bonds. The lowest BCUT2D eigenvalue weighted by Crippen LogP contribution is -2.37. The first-order chi connectivity index (χ1) is 10.5. The van der Waals surface area contributed by atoms with Gasteiger partial charge in [0.25, 0.3) is 5.69 Å². The molecule has 0 spiro atoms. The number of halogens is 3. The van der Waals surface area contributed by atoms with Crippen molar-refractivity contribution in [2.75, 3.05) is 5.75 Å². The van der Waals surface area contributed by atoms with Crippen molar-refractivity contribution in [1.29, 1.82) is 0 Å². The molecule has 128 valence electrons. The molecule has 1 rings (SSSR count). The van der Waals surface area contributed by atoms with Crippen LogP contribution >= 0.6 is 11.8 Å². The Balaban J connectivity index is 2.84. The number of carbonyl (C=O) groups excluding carboxylic acids is 1. The van der Waals surface area contributed by atoms with Crippen LogP contribution in [0.4, 0.5) is 18.9 Å². The second kappa shape index (κ2) is 7.67. The summed E-state index contributed by atoms with van der Waals surface area (Å²) < 4.78 is 37.8. The minimum Gasteiger partial charge on any atom is -0.353 e. The summed E-state index contributed by atoms with van der Waals surface area (Å²) >= 11 is 0.835. The van der Waals surface area contributed by atoms with Gasteiger partial charge in [-0.1, -0.05) is 13.8 Å². The predicted molar refractivity (Wildman–Crippen MR) is 81.3 cm³/mol. The Morgan fingerprint density at radius 1 is 1.35 bits per heavy atom. The topological polar surface area (TPSA) is 72.2 Å². The summed E-state index contributed by atoms with van der Waals surface area (Å²) in [6, 6.07) is 2.21. The molecule has 0 saturated heterocycles. The number of carbonyl (C=O) groups is 1. The van der Waals surface area contributed by atoms with E-state index in [1.807, 2.05) is 20.8 Å². The molecule has 1 N–H and O–H groups in total. The minimum absolute atomic E-state index is 0.0235. The maximum absolute atomic E-state index is 12.6. The van der Waals surface area contributed by atoms with E-state index in [4.69, 9.17) is 0 Å². The highest BCUT2D eigenvalue weighted by Gasteiger charge is 2.33. The molecule has 1 aromatic rings. The maximum Gasteiger partial charge on any atom is 0.416 e. The van der Waals surface area contributed by atoms with Gasteiger partial charge in [-0.3, -0.25) is 14.9 Å². The first kappa shape index (κ1) is 19.3. The van der Waals surface area contributed by atoms with Gasteiger partial charge < -0.3 is 5.32 Å². The lowest BCUT2D eigenvalue weighted by molar-refractivity contribution is -0.388. The minimum atomic E-state index is -4.65. The van der Waals surface area contributed by atoms with Crippen molar-refractivity contribution < 1.29 is 22.9 Å². The number of amides is 1. The molecular weight excluding hydrogens is 333 g/mol. The van der Waals surface area contributed by atoms with E-state index >= 15 is 0 Å². The molecule has 0 radical (unpaired) electrons. The van der Waals surface area contributed by atoms with Crippen LogP contribution in [0.1, 0.15) is 26.3 Å². The van der Waals surface area contributed by atoms with E-state index < -0.39 is 22.4 Å². The Bertz CT molecular complexity index is 591. The summed E-state index contributed by atoms with van der Waals surface area (Å²) in [6.45, 7) is 5.69. The van der Waals surface area contributed by atoms with E-state index in [0.29, 0.717) is 6.07 Å². The number of nitrogens with zero attached hydrogens (tertiary/aromatic N) is 1. The largest absolute Gasteiger partial charge is 0.416 e. The number of nitro benzene ring substituents is 1. The number of alkyl halides is 3. The van der Waals surface area contributed by atoms with Crippen molar-refractivity contribution in [3.63, 3.8) is 0 Å². The van der Waals surface area contributed by atoms with Gasteiger partial charge in [-0.25, -0.2) is 0 Å². The maximum atomic E-state index is 12.6. The zero-order chi connectivity index (χ0) is 17.8. The van der Waals surface area contributed by atoms with Gasteiger partial charge in [-0.2, -0.15) is 13.2 Å². The van der Waals surface area contributed by atoms with Gasteiger partial charge >= 0.3 is 6.18 Å². The molecule has 0 aliphatic heterocycles. The molecule has 1 atom stereocenters. The van der Waals surface area contributed by atoms with Crippen molar-refractivity contribution in [3.05, 3.63) is 33.9 Å². The molecule has 0 saturated carbocycles. The number of nitrogens with one attached hydrogen (secondary N) is 1. The molecular formula is C14H17F3N2O3S.